The molecule has 2 rings (SSSR count). The Bertz CT molecular complexity index is 664. The number of amides is 1. The van der Waals surface area contributed by atoms with Gasteiger partial charge in [0, 0.05) is 13.1 Å². The Kier molecular flexibility index (Phi) is 5.81. The maximum absolute atomic E-state index is 12.7. The highest BCUT2D eigenvalue weighted by Crippen LogP contribution is 2.20. The van der Waals surface area contributed by atoms with Crippen LogP contribution < -0.4 is 5.32 Å². The molecule has 23 heavy (non-hydrogen) atoms. The molecule has 1 N–H and O–H groups in total. The van der Waals surface area contributed by atoms with Crippen molar-refractivity contribution >= 4 is 15.9 Å². The average Bonchev–Trinajstić information content (AvgIpc) is 2.50. The highest BCUT2D eigenvalue weighted by molar-refractivity contribution is 7.89. The molecule has 1 aliphatic carbocycles. The molecule has 0 saturated heterocycles. The maximum Gasteiger partial charge on any atom is 0.243 e. The first kappa shape index (κ1) is 17.9. The van der Waals surface area contributed by atoms with E-state index in [4.69, 9.17) is 0 Å². The zero-order valence-electron chi connectivity index (χ0n) is 14.1. The van der Waals surface area contributed by atoms with E-state index in [2.05, 4.69) is 5.32 Å². The number of rotatable bonds is 5. The monoisotopic (exact) mass is 338 g/mol. The van der Waals surface area contributed by atoms with Crippen molar-refractivity contribution < 1.29 is 13.2 Å². The van der Waals surface area contributed by atoms with E-state index in [0.717, 1.165) is 35.6 Å². The summed E-state index contributed by atoms with van der Waals surface area (Å²) in [4.78, 5) is 12.4. The zero-order chi connectivity index (χ0) is 17.0. The quantitative estimate of drug-likeness (QED) is 0.896. The maximum atomic E-state index is 12.7. The van der Waals surface area contributed by atoms with E-state index in [1.54, 1.807) is 19.1 Å². The number of hydrogen-bond donors (Lipinski definition) is 1. The molecule has 0 radical (unpaired) electrons. The molecule has 0 heterocycles. The summed E-state index contributed by atoms with van der Waals surface area (Å²) in [5.41, 5.74) is 1.57. The molecule has 1 amide bonds. The molecule has 0 unspecified atom stereocenters. The smallest absolute Gasteiger partial charge is 0.243 e. The summed E-state index contributed by atoms with van der Waals surface area (Å²) >= 11 is 0. The minimum atomic E-state index is -3.66. The van der Waals surface area contributed by atoms with Gasteiger partial charge in [-0.1, -0.05) is 31.4 Å². The predicted molar refractivity (Wildman–Crippen MR) is 90.7 cm³/mol. The minimum Gasteiger partial charge on any atom is -0.352 e. The van der Waals surface area contributed by atoms with Crippen LogP contribution in [0.25, 0.3) is 0 Å². The minimum absolute atomic E-state index is 0.147. The SMILES string of the molecule is Cc1ccc(C)c(S(=O)(=O)N(C)CC(=O)NC2CCCCC2)c1. The summed E-state index contributed by atoms with van der Waals surface area (Å²) < 4.78 is 26.5. The number of sulfonamides is 1. The van der Waals surface area contributed by atoms with Crippen molar-refractivity contribution in [1.82, 2.24) is 9.62 Å². The van der Waals surface area contributed by atoms with Crippen molar-refractivity contribution in [1.29, 1.82) is 0 Å². The standard InChI is InChI=1S/C17H26N2O3S/c1-13-9-10-14(2)16(11-13)23(21,22)19(3)12-17(20)18-15-7-5-4-6-8-15/h9-11,15H,4-8,12H2,1-3H3,(H,18,20). The van der Waals surface area contributed by atoms with Gasteiger partial charge in [-0.25, -0.2) is 8.42 Å². The van der Waals surface area contributed by atoms with Crippen LogP contribution in [0.15, 0.2) is 23.1 Å². The highest BCUT2D eigenvalue weighted by Gasteiger charge is 2.25. The Morgan fingerprint density at radius 2 is 1.87 bits per heavy atom. The number of hydrogen-bond acceptors (Lipinski definition) is 3. The molecule has 6 heteroatoms. The van der Waals surface area contributed by atoms with E-state index in [1.165, 1.54) is 13.5 Å². The van der Waals surface area contributed by atoms with Crippen LogP contribution >= 0.6 is 0 Å². The van der Waals surface area contributed by atoms with Crippen molar-refractivity contribution in [2.45, 2.75) is 56.9 Å². The molecule has 1 saturated carbocycles. The zero-order valence-corrected chi connectivity index (χ0v) is 14.9. The molecule has 0 bridgehead atoms. The molecule has 0 aliphatic heterocycles. The van der Waals surface area contributed by atoms with Gasteiger partial charge in [-0.3, -0.25) is 4.79 Å². The van der Waals surface area contributed by atoms with Crippen molar-refractivity contribution in [3.8, 4) is 0 Å². The average molecular weight is 338 g/mol. The van der Waals surface area contributed by atoms with E-state index in [-0.39, 0.29) is 23.4 Å². The first-order valence-corrected chi connectivity index (χ1v) is 9.57. The van der Waals surface area contributed by atoms with Gasteiger partial charge in [0.1, 0.15) is 0 Å². The van der Waals surface area contributed by atoms with Crippen LogP contribution in [0.3, 0.4) is 0 Å². The molecule has 5 nitrogen and oxygen atoms in total. The number of nitrogens with zero attached hydrogens (tertiary/aromatic N) is 1. The van der Waals surface area contributed by atoms with E-state index in [1.807, 2.05) is 13.0 Å². The summed E-state index contributed by atoms with van der Waals surface area (Å²) in [6.45, 7) is 3.47. The summed E-state index contributed by atoms with van der Waals surface area (Å²) in [6.07, 6.45) is 5.44. The van der Waals surface area contributed by atoms with Gasteiger partial charge in [0.05, 0.1) is 11.4 Å². The molecule has 0 atom stereocenters. The summed E-state index contributed by atoms with van der Waals surface area (Å²) in [5.74, 6) is -0.228. The van der Waals surface area contributed by atoms with E-state index < -0.39 is 10.0 Å². The molecular formula is C17H26N2O3S. The molecule has 0 spiro atoms. The third-order valence-corrected chi connectivity index (χ3v) is 6.31. The van der Waals surface area contributed by atoms with E-state index in [0.29, 0.717) is 5.56 Å². The van der Waals surface area contributed by atoms with Gasteiger partial charge in [-0.05, 0) is 43.9 Å². The van der Waals surface area contributed by atoms with Gasteiger partial charge in [-0.15, -0.1) is 0 Å². The third kappa shape index (κ3) is 4.54. The second-order valence-corrected chi connectivity index (χ2v) is 8.45. The van der Waals surface area contributed by atoms with Gasteiger partial charge in [-0.2, -0.15) is 4.31 Å². The normalized spacial score (nSPS) is 16.5. The largest absolute Gasteiger partial charge is 0.352 e. The second kappa shape index (κ2) is 7.45. The Morgan fingerprint density at radius 3 is 2.52 bits per heavy atom. The lowest BCUT2D eigenvalue weighted by Crippen LogP contribution is -2.43. The van der Waals surface area contributed by atoms with Crippen LogP contribution in [0.4, 0.5) is 0 Å². The van der Waals surface area contributed by atoms with Crippen LogP contribution in [0.1, 0.15) is 43.2 Å². The molecule has 1 fully saturated rings. The van der Waals surface area contributed by atoms with Crippen LogP contribution in [0.2, 0.25) is 0 Å². The molecule has 1 aliphatic rings. The highest BCUT2D eigenvalue weighted by atomic mass is 32.2. The number of aryl methyl sites for hydroxylation is 2. The fourth-order valence-corrected chi connectivity index (χ4v) is 4.39. The van der Waals surface area contributed by atoms with Crippen LogP contribution in [-0.4, -0.2) is 38.3 Å². The fraction of sp³-hybridized carbons (Fsp3) is 0.588. The van der Waals surface area contributed by atoms with Crippen LogP contribution in [-0.2, 0) is 14.8 Å². The van der Waals surface area contributed by atoms with E-state index in [9.17, 15) is 13.2 Å². The van der Waals surface area contributed by atoms with Crippen LogP contribution in [0.5, 0.6) is 0 Å². The lowest BCUT2D eigenvalue weighted by Gasteiger charge is -2.24. The number of likely N-dealkylation sites (N-methyl/N-ethyl adjacent to an activating group) is 1. The van der Waals surface area contributed by atoms with Gasteiger partial charge in [0.15, 0.2) is 0 Å². The Labute approximate surface area is 139 Å². The molecule has 1 aromatic rings. The topological polar surface area (TPSA) is 66.5 Å². The van der Waals surface area contributed by atoms with Gasteiger partial charge in [0.2, 0.25) is 15.9 Å². The summed E-state index contributed by atoms with van der Waals surface area (Å²) in [5, 5.41) is 2.95. The van der Waals surface area contributed by atoms with Crippen molar-refractivity contribution in [2.24, 2.45) is 0 Å². The number of carbonyl (C=O) groups is 1. The molecule has 128 valence electrons. The molecule has 1 aromatic carbocycles. The lowest BCUT2D eigenvalue weighted by atomic mass is 9.95. The van der Waals surface area contributed by atoms with Gasteiger partial charge < -0.3 is 5.32 Å². The Balaban J connectivity index is 2.04. The first-order chi connectivity index (χ1) is 10.8. The Morgan fingerprint density at radius 1 is 1.22 bits per heavy atom. The summed E-state index contributed by atoms with van der Waals surface area (Å²) in [6, 6.07) is 5.51. The number of carbonyl (C=O) groups excluding carboxylic acids is 1. The lowest BCUT2D eigenvalue weighted by molar-refractivity contribution is -0.122. The number of nitrogens with one attached hydrogen (secondary N) is 1. The predicted octanol–water partition coefficient (Wildman–Crippen LogP) is 2.37. The van der Waals surface area contributed by atoms with Gasteiger partial charge >= 0.3 is 0 Å². The van der Waals surface area contributed by atoms with Crippen molar-refractivity contribution in [2.75, 3.05) is 13.6 Å². The fourth-order valence-electron chi connectivity index (χ4n) is 2.96. The Hall–Kier alpha value is -1.40. The summed E-state index contributed by atoms with van der Waals surface area (Å²) in [7, 11) is -2.20. The van der Waals surface area contributed by atoms with Crippen molar-refractivity contribution in [3.63, 3.8) is 0 Å². The van der Waals surface area contributed by atoms with E-state index >= 15 is 0 Å². The number of benzene rings is 1. The molecular weight excluding hydrogens is 312 g/mol. The third-order valence-electron chi connectivity index (χ3n) is 4.37. The first-order valence-electron chi connectivity index (χ1n) is 8.13. The second-order valence-electron chi connectivity index (χ2n) is 6.43. The van der Waals surface area contributed by atoms with Crippen molar-refractivity contribution in [3.05, 3.63) is 29.3 Å². The molecule has 0 aromatic heterocycles. The van der Waals surface area contributed by atoms with Gasteiger partial charge in [0.25, 0.3) is 0 Å². The van der Waals surface area contributed by atoms with Crippen LogP contribution in [0, 0.1) is 13.8 Å².